The van der Waals surface area contributed by atoms with Gasteiger partial charge in [0.2, 0.25) is 5.88 Å². The van der Waals surface area contributed by atoms with Gasteiger partial charge < -0.3 is 4.74 Å². The number of nitrogens with zero attached hydrogens (tertiary/aromatic N) is 3. The van der Waals surface area contributed by atoms with E-state index in [1.54, 1.807) is 36.7 Å². The molecule has 126 valence electrons. The Morgan fingerprint density at radius 3 is 2.52 bits per heavy atom. The lowest BCUT2D eigenvalue weighted by Crippen LogP contribution is -1.99. The first kappa shape index (κ1) is 17.0. The number of aromatic nitrogens is 3. The highest BCUT2D eigenvalue weighted by Gasteiger charge is 2.11. The number of carbonyl (C=O) groups excluding carboxylic acids is 1. The third-order valence-corrected chi connectivity index (χ3v) is 3.90. The molecule has 0 atom stereocenters. The molecular formula is C19H16ClN3O2. The molecule has 0 unspecified atom stereocenters. The molecule has 0 saturated carbocycles. The van der Waals surface area contributed by atoms with Crippen LogP contribution in [0.4, 0.5) is 0 Å². The number of benzene rings is 1. The molecule has 25 heavy (non-hydrogen) atoms. The highest BCUT2D eigenvalue weighted by Crippen LogP contribution is 2.30. The smallest absolute Gasteiger partial charge is 0.223 e. The summed E-state index contributed by atoms with van der Waals surface area (Å²) in [5.41, 5.74) is 2.24. The van der Waals surface area contributed by atoms with E-state index in [9.17, 15) is 4.79 Å². The van der Waals surface area contributed by atoms with Gasteiger partial charge >= 0.3 is 0 Å². The van der Waals surface area contributed by atoms with Gasteiger partial charge in [-0.25, -0.2) is 4.98 Å². The molecule has 0 bridgehead atoms. The van der Waals surface area contributed by atoms with Crippen molar-refractivity contribution in [1.29, 1.82) is 0 Å². The minimum atomic E-state index is -0.0521. The summed E-state index contributed by atoms with van der Waals surface area (Å²) in [6.45, 7) is 3.50. The average molecular weight is 354 g/mol. The van der Waals surface area contributed by atoms with E-state index in [1.807, 2.05) is 19.1 Å². The summed E-state index contributed by atoms with van der Waals surface area (Å²) in [5, 5.41) is 0.356. The second kappa shape index (κ2) is 7.40. The Bertz CT molecular complexity index is 914. The summed E-state index contributed by atoms with van der Waals surface area (Å²) in [6, 6.07) is 10.4. The predicted octanol–water partition coefficient (Wildman–Crippen LogP) is 4.75. The van der Waals surface area contributed by atoms with Gasteiger partial charge in [0.25, 0.3) is 0 Å². The van der Waals surface area contributed by atoms with Crippen molar-refractivity contribution < 1.29 is 9.53 Å². The number of ether oxygens (including phenoxy) is 1. The molecule has 0 aliphatic heterocycles. The van der Waals surface area contributed by atoms with Crippen LogP contribution in [0.2, 0.25) is 5.02 Å². The molecule has 0 aliphatic rings. The number of Topliss-reactive ketones (excluding diaryl/α,β-unsaturated/α-hetero) is 1. The van der Waals surface area contributed by atoms with E-state index in [2.05, 4.69) is 15.0 Å². The van der Waals surface area contributed by atoms with Crippen molar-refractivity contribution in [2.24, 2.45) is 0 Å². The van der Waals surface area contributed by atoms with Crippen LogP contribution in [0.1, 0.15) is 29.9 Å². The van der Waals surface area contributed by atoms with Gasteiger partial charge in [-0.1, -0.05) is 18.5 Å². The highest BCUT2D eigenvalue weighted by atomic mass is 35.5. The zero-order valence-corrected chi connectivity index (χ0v) is 14.6. The maximum atomic E-state index is 11.4. The fourth-order valence-electron chi connectivity index (χ4n) is 2.25. The van der Waals surface area contributed by atoms with Crippen molar-refractivity contribution in [3.05, 3.63) is 65.1 Å². The Labute approximate surface area is 150 Å². The van der Waals surface area contributed by atoms with Gasteiger partial charge in [-0.05, 0) is 43.7 Å². The number of rotatable bonds is 5. The lowest BCUT2D eigenvalue weighted by Gasteiger charge is -2.10. The zero-order valence-electron chi connectivity index (χ0n) is 13.9. The molecule has 3 rings (SSSR count). The summed E-state index contributed by atoms with van der Waals surface area (Å²) < 4.78 is 5.84. The van der Waals surface area contributed by atoms with Gasteiger partial charge in [0, 0.05) is 35.3 Å². The van der Waals surface area contributed by atoms with E-state index in [4.69, 9.17) is 16.3 Å². The Morgan fingerprint density at radius 1 is 1.12 bits per heavy atom. The molecule has 6 heteroatoms. The molecule has 0 N–H and O–H groups in total. The SMILES string of the molecule is CCc1cc(Oc2ccc(C(C)=O)cc2Cl)nc(-c2ccncc2)n1. The van der Waals surface area contributed by atoms with Crippen LogP contribution in [0.25, 0.3) is 11.4 Å². The Kier molecular flexibility index (Phi) is 5.05. The van der Waals surface area contributed by atoms with Crippen LogP contribution in [0.5, 0.6) is 11.6 Å². The molecule has 1 aromatic carbocycles. The van der Waals surface area contributed by atoms with Gasteiger partial charge in [-0.3, -0.25) is 9.78 Å². The summed E-state index contributed by atoms with van der Waals surface area (Å²) in [6.07, 6.45) is 4.12. The van der Waals surface area contributed by atoms with Gasteiger partial charge in [0.15, 0.2) is 11.6 Å². The Morgan fingerprint density at radius 2 is 1.88 bits per heavy atom. The topological polar surface area (TPSA) is 65.0 Å². The van der Waals surface area contributed by atoms with Crippen LogP contribution in [0, 0.1) is 0 Å². The molecular weight excluding hydrogens is 338 g/mol. The van der Waals surface area contributed by atoms with E-state index >= 15 is 0 Å². The van der Waals surface area contributed by atoms with E-state index in [1.165, 1.54) is 6.92 Å². The third kappa shape index (κ3) is 4.00. The second-order valence-electron chi connectivity index (χ2n) is 5.41. The minimum Gasteiger partial charge on any atom is -0.437 e. The van der Waals surface area contributed by atoms with E-state index in [0.717, 1.165) is 17.7 Å². The van der Waals surface area contributed by atoms with Crippen molar-refractivity contribution in [1.82, 2.24) is 15.0 Å². The number of ketones is 1. The molecule has 0 radical (unpaired) electrons. The highest BCUT2D eigenvalue weighted by molar-refractivity contribution is 6.32. The number of pyridine rings is 1. The van der Waals surface area contributed by atoms with Crippen molar-refractivity contribution >= 4 is 17.4 Å². The maximum absolute atomic E-state index is 11.4. The summed E-state index contributed by atoms with van der Waals surface area (Å²) in [5.74, 6) is 1.35. The Hall–Kier alpha value is -2.79. The van der Waals surface area contributed by atoms with Crippen LogP contribution in [-0.2, 0) is 6.42 Å². The molecule has 0 fully saturated rings. The molecule has 2 aromatic heterocycles. The van der Waals surface area contributed by atoms with Crippen LogP contribution >= 0.6 is 11.6 Å². The number of aryl methyl sites for hydroxylation is 1. The fourth-order valence-corrected chi connectivity index (χ4v) is 2.47. The monoisotopic (exact) mass is 353 g/mol. The molecule has 0 spiro atoms. The standard InChI is InChI=1S/C19H16ClN3O2/c1-3-15-11-18(23-19(22-15)13-6-8-21-9-7-13)25-17-5-4-14(12(2)24)10-16(17)20/h4-11H,3H2,1-2H3. The van der Waals surface area contributed by atoms with Crippen molar-refractivity contribution in [3.8, 4) is 23.0 Å². The van der Waals surface area contributed by atoms with E-state index in [-0.39, 0.29) is 5.78 Å². The van der Waals surface area contributed by atoms with Crippen molar-refractivity contribution in [2.45, 2.75) is 20.3 Å². The molecule has 0 saturated heterocycles. The molecule has 0 amide bonds. The van der Waals surface area contributed by atoms with Crippen molar-refractivity contribution in [3.63, 3.8) is 0 Å². The summed E-state index contributed by atoms with van der Waals surface area (Å²) in [7, 11) is 0. The Balaban J connectivity index is 1.96. The van der Waals surface area contributed by atoms with Gasteiger partial charge in [-0.15, -0.1) is 0 Å². The van der Waals surface area contributed by atoms with Gasteiger partial charge in [-0.2, -0.15) is 4.98 Å². The van der Waals surface area contributed by atoms with Crippen LogP contribution < -0.4 is 4.74 Å². The van der Waals surface area contributed by atoms with Gasteiger partial charge in [0.05, 0.1) is 5.02 Å². The van der Waals surface area contributed by atoms with E-state index < -0.39 is 0 Å². The summed E-state index contributed by atoms with van der Waals surface area (Å²) in [4.78, 5) is 24.4. The van der Waals surface area contributed by atoms with E-state index in [0.29, 0.717) is 28.0 Å². The van der Waals surface area contributed by atoms with Gasteiger partial charge in [0.1, 0.15) is 5.75 Å². The minimum absolute atomic E-state index is 0.0521. The number of carbonyl (C=O) groups is 1. The number of hydrogen-bond donors (Lipinski definition) is 0. The lowest BCUT2D eigenvalue weighted by molar-refractivity contribution is 0.101. The first-order chi connectivity index (χ1) is 12.1. The summed E-state index contributed by atoms with van der Waals surface area (Å²) >= 11 is 6.22. The first-order valence-corrected chi connectivity index (χ1v) is 8.21. The number of hydrogen-bond acceptors (Lipinski definition) is 5. The molecule has 0 aliphatic carbocycles. The van der Waals surface area contributed by atoms with Crippen LogP contribution in [0.15, 0.2) is 48.8 Å². The maximum Gasteiger partial charge on any atom is 0.223 e. The largest absolute Gasteiger partial charge is 0.437 e. The lowest BCUT2D eigenvalue weighted by atomic mass is 10.1. The van der Waals surface area contributed by atoms with Crippen molar-refractivity contribution in [2.75, 3.05) is 0 Å². The number of halogens is 1. The molecule has 5 nitrogen and oxygen atoms in total. The quantitative estimate of drug-likeness (QED) is 0.619. The van der Waals surface area contributed by atoms with Crippen LogP contribution in [0.3, 0.4) is 0 Å². The predicted molar refractivity (Wildman–Crippen MR) is 96.2 cm³/mol. The zero-order chi connectivity index (χ0) is 17.8. The van der Waals surface area contributed by atoms with Crippen LogP contribution in [-0.4, -0.2) is 20.7 Å². The second-order valence-corrected chi connectivity index (χ2v) is 5.82. The fraction of sp³-hybridized carbons (Fsp3) is 0.158. The molecule has 3 aromatic rings. The third-order valence-electron chi connectivity index (χ3n) is 3.61. The average Bonchev–Trinajstić information content (AvgIpc) is 2.63. The molecule has 2 heterocycles. The normalized spacial score (nSPS) is 10.5. The first-order valence-electron chi connectivity index (χ1n) is 7.83.